The smallest absolute Gasteiger partial charge is 0.250 e. The molecule has 2 amide bonds. The lowest BCUT2D eigenvalue weighted by Crippen LogP contribution is -2.48. The molecule has 0 radical (unpaired) electrons. The van der Waals surface area contributed by atoms with Gasteiger partial charge in [0.15, 0.2) is 0 Å². The SMILES string of the molecule is CC(C)C(=O)N[C@@H]1COC2(CCN(C(=O)Cn3ccccc3=O)CC2)C1. The van der Waals surface area contributed by atoms with Crippen molar-refractivity contribution in [2.75, 3.05) is 19.7 Å². The lowest BCUT2D eigenvalue weighted by molar-refractivity contribution is -0.136. The summed E-state index contributed by atoms with van der Waals surface area (Å²) in [7, 11) is 0. The van der Waals surface area contributed by atoms with Crippen molar-refractivity contribution >= 4 is 11.8 Å². The standard InChI is InChI=1S/C19H27N3O4/c1-14(2)18(25)20-15-11-19(26-13-15)6-9-21(10-7-19)17(24)12-22-8-4-3-5-16(22)23/h3-5,8,14-15H,6-7,9-13H2,1-2H3,(H,20,25)/t15-/m0/s1. The highest BCUT2D eigenvalue weighted by atomic mass is 16.5. The maximum atomic E-state index is 12.5. The topological polar surface area (TPSA) is 80.6 Å². The average Bonchev–Trinajstić information content (AvgIpc) is 2.99. The van der Waals surface area contributed by atoms with E-state index in [9.17, 15) is 14.4 Å². The third-order valence-electron chi connectivity index (χ3n) is 5.31. The number of carbonyl (C=O) groups excluding carboxylic acids is 2. The number of nitrogens with one attached hydrogen (secondary N) is 1. The summed E-state index contributed by atoms with van der Waals surface area (Å²) in [4.78, 5) is 37.9. The van der Waals surface area contributed by atoms with Gasteiger partial charge in [0.25, 0.3) is 5.56 Å². The van der Waals surface area contributed by atoms with Crippen molar-refractivity contribution in [1.82, 2.24) is 14.8 Å². The van der Waals surface area contributed by atoms with E-state index in [2.05, 4.69) is 5.32 Å². The van der Waals surface area contributed by atoms with Crippen LogP contribution in [-0.4, -0.2) is 52.6 Å². The summed E-state index contributed by atoms with van der Waals surface area (Å²) < 4.78 is 7.46. The normalized spacial score (nSPS) is 22.0. The fraction of sp³-hybridized carbons (Fsp3) is 0.632. The highest BCUT2D eigenvalue weighted by Crippen LogP contribution is 2.36. The second kappa shape index (κ2) is 7.61. The summed E-state index contributed by atoms with van der Waals surface area (Å²) >= 11 is 0. The first-order chi connectivity index (χ1) is 12.4. The van der Waals surface area contributed by atoms with Gasteiger partial charge < -0.3 is 19.5 Å². The Labute approximate surface area is 153 Å². The van der Waals surface area contributed by atoms with Crippen LogP contribution in [0.15, 0.2) is 29.2 Å². The molecule has 3 heterocycles. The Bertz CT molecular complexity index is 719. The van der Waals surface area contributed by atoms with Crippen LogP contribution in [-0.2, 0) is 20.9 Å². The molecular weight excluding hydrogens is 334 g/mol. The van der Waals surface area contributed by atoms with Crippen LogP contribution in [0.5, 0.6) is 0 Å². The van der Waals surface area contributed by atoms with Crippen molar-refractivity contribution in [2.24, 2.45) is 5.92 Å². The zero-order valence-corrected chi connectivity index (χ0v) is 15.4. The van der Waals surface area contributed by atoms with Crippen LogP contribution in [0.4, 0.5) is 0 Å². The molecule has 2 fully saturated rings. The third kappa shape index (κ3) is 4.15. The fourth-order valence-electron chi connectivity index (χ4n) is 3.65. The zero-order chi connectivity index (χ0) is 18.7. The van der Waals surface area contributed by atoms with Gasteiger partial charge in [0.1, 0.15) is 6.54 Å². The largest absolute Gasteiger partial charge is 0.373 e. The molecule has 1 aromatic heterocycles. The van der Waals surface area contributed by atoms with E-state index in [4.69, 9.17) is 4.74 Å². The van der Waals surface area contributed by atoms with Crippen LogP contribution in [0.3, 0.4) is 0 Å². The lowest BCUT2D eigenvalue weighted by atomic mass is 9.87. The number of hydrogen-bond donors (Lipinski definition) is 1. The Kier molecular flexibility index (Phi) is 5.46. The summed E-state index contributed by atoms with van der Waals surface area (Å²) in [6.45, 7) is 5.59. The molecule has 0 bridgehead atoms. The van der Waals surface area contributed by atoms with E-state index in [1.807, 2.05) is 13.8 Å². The minimum Gasteiger partial charge on any atom is -0.373 e. The van der Waals surface area contributed by atoms with E-state index >= 15 is 0 Å². The predicted molar refractivity (Wildman–Crippen MR) is 96.6 cm³/mol. The molecule has 7 heteroatoms. The van der Waals surface area contributed by atoms with E-state index in [-0.39, 0.29) is 41.5 Å². The molecule has 1 N–H and O–H groups in total. The molecule has 2 aliphatic heterocycles. The molecule has 1 aromatic rings. The zero-order valence-electron chi connectivity index (χ0n) is 15.4. The summed E-state index contributed by atoms with van der Waals surface area (Å²) in [6.07, 6.45) is 3.95. The summed E-state index contributed by atoms with van der Waals surface area (Å²) in [5.41, 5.74) is -0.410. The predicted octanol–water partition coefficient (Wildman–Crippen LogP) is 0.771. The van der Waals surface area contributed by atoms with E-state index in [0.29, 0.717) is 19.7 Å². The van der Waals surface area contributed by atoms with E-state index < -0.39 is 0 Å². The van der Waals surface area contributed by atoms with Gasteiger partial charge in [-0.05, 0) is 25.3 Å². The number of amides is 2. The molecule has 2 aliphatic rings. The number of hydrogen-bond acceptors (Lipinski definition) is 4. The third-order valence-corrected chi connectivity index (χ3v) is 5.31. The minimum absolute atomic E-state index is 0.0348. The molecule has 2 saturated heterocycles. The van der Waals surface area contributed by atoms with Crippen LogP contribution in [0.1, 0.15) is 33.1 Å². The fourth-order valence-corrected chi connectivity index (χ4v) is 3.65. The van der Waals surface area contributed by atoms with Crippen molar-refractivity contribution in [3.63, 3.8) is 0 Å². The van der Waals surface area contributed by atoms with Gasteiger partial charge in [-0.25, -0.2) is 0 Å². The first-order valence-corrected chi connectivity index (χ1v) is 9.26. The van der Waals surface area contributed by atoms with E-state index in [1.54, 1.807) is 23.2 Å². The van der Waals surface area contributed by atoms with E-state index in [1.165, 1.54) is 10.6 Å². The summed E-state index contributed by atoms with van der Waals surface area (Å²) in [5.74, 6) is -0.0280. The van der Waals surface area contributed by atoms with Gasteiger partial charge in [0.05, 0.1) is 18.2 Å². The maximum absolute atomic E-state index is 12.5. The van der Waals surface area contributed by atoms with Crippen LogP contribution in [0, 0.1) is 5.92 Å². The van der Waals surface area contributed by atoms with Gasteiger partial charge in [-0.1, -0.05) is 19.9 Å². The van der Waals surface area contributed by atoms with Crippen molar-refractivity contribution in [2.45, 2.75) is 51.3 Å². The van der Waals surface area contributed by atoms with Crippen molar-refractivity contribution in [1.29, 1.82) is 0 Å². The number of likely N-dealkylation sites (tertiary alicyclic amines) is 1. The Morgan fingerprint density at radius 1 is 1.31 bits per heavy atom. The van der Waals surface area contributed by atoms with Gasteiger partial charge in [0, 0.05) is 31.3 Å². The average molecular weight is 361 g/mol. The number of piperidine rings is 1. The van der Waals surface area contributed by atoms with Gasteiger partial charge in [-0.3, -0.25) is 14.4 Å². The van der Waals surface area contributed by atoms with Crippen molar-refractivity contribution < 1.29 is 14.3 Å². The second-order valence-electron chi connectivity index (χ2n) is 7.61. The van der Waals surface area contributed by atoms with Gasteiger partial charge >= 0.3 is 0 Å². The molecule has 0 unspecified atom stereocenters. The summed E-state index contributed by atoms with van der Waals surface area (Å²) in [6, 6.07) is 4.92. The number of carbonyl (C=O) groups is 2. The molecule has 26 heavy (non-hydrogen) atoms. The molecule has 0 aromatic carbocycles. The van der Waals surface area contributed by atoms with Crippen molar-refractivity contribution in [3.8, 4) is 0 Å². The van der Waals surface area contributed by atoms with Crippen LogP contribution >= 0.6 is 0 Å². The molecule has 7 nitrogen and oxygen atoms in total. The Morgan fingerprint density at radius 2 is 2.04 bits per heavy atom. The highest BCUT2D eigenvalue weighted by molar-refractivity contribution is 5.78. The monoisotopic (exact) mass is 361 g/mol. The first kappa shape index (κ1) is 18.6. The molecule has 1 spiro atoms. The maximum Gasteiger partial charge on any atom is 0.250 e. The number of rotatable bonds is 4. The number of nitrogens with zero attached hydrogens (tertiary/aromatic N) is 2. The highest BCUT2D eigenvalue weighted by Gasteiger charge is 2.43. The van der Waals surface area contributed by atoms with Crippen molar-refractivity contribution in [3.05, 3.63) is 34.7 Å². The lowest BCUT2D eigenvalue weighted by Gasteiger charge is -2.38. The quantitative estimate of drug-likeness (QED) is 0.859. The number of aromatic nitrogens is 1. The first-order valence-electron chi connectivity index (χ1n) is 9.26. The van der Waals surface area contributed by atoms with Crippen LogP contribution in [0.2, 0.25) is 0 Å². The Balaban J connectivity index is 1.51. The molecule has 0 saturated carbocycles. The minimum atomic E-state index is -0.241. The molecule has 0 aliphatic carbocycles. The number of ether oxygens (including phenoxy) is 1. The second-order valence-corrected chi connectivity index (χ2v) is 7.61. The molecule has 142 valence electrons. The van der Waals surface area contributed by atoms with Gasteiger partial charge in [0.2, 0.25) is 11.8 Å². The molecular formula is C19H27N3O4. The van der Waals surface area contributed by atoms with Gasteiger partial charge in [-0.2, -0.15) is 0 Å². The summed E-state index contributed by atoms with van der Waals surface area (Å²) in [5, 5.41) is 3.04. The van der Waals surface area contributed by atoms with E-state index in [0.717, 1.165) is 19.3 Å². The molecule has 3 rings (SSSR count). The van der Waals surface area contributed by atoms with Crippen LogP contribution < -0.4 is 10.9 Å². The van der Waals surface area contributed by atoms with Crippen LogP contribution in [0.25, 0.3) is 0 Å². The Hall–Kier alpha value is -2.15. The Morgan fingerprint density at radius 3 is 2.69 bits per heavy atom. The van der Waals surface area contributed by atoms with Gasteiger partial charge in [-0.15, -0.1) is 0 Å². The molecule has 1 atom stereocenters. The number of pyridine rings is 1.